The fraction of sp³-hybridized carbons (Fsp3) is 0.333. The summed E-state index contributed by atoms with van der Waals surface area (Å²) in [6.07, 6.45) is 10.5. The van der Waals surface area contributed by atoms with Gasteiger partial charge in [-0.2, -0.15) is 0 Å². The first-order valence-corrected chi connectivity index (χ1v) is 11.2. The number of carbonyl (C=O) groups is 1. The van der Waals surface area contributed by atoms with E-state index in [9.17, 15) is 9.90 Å². The van der Waals surface area contributed by atoms with Crippen molar-refractivity contribution in [1.29, 1.82) is 0 Å². The first-order chi connectivity index (χ1) is 14.3. The highest BCUT2D eigenvalue weighted by Gasteiger charge is 2.21. The van der Waals surface area contributed by atoms with Crippen molar-refractivity contribution < 1.29 is 9.90 Å². The van der Waals surface area contributed by atoms with Crippen molar-refractivity contribution in [1.82, 2.24) is 15.0 Å². The highest BCUT2D eigenvalue weighted by atomic mass is 32.2. The number of fused-ring (bicyclic) bond motifs is 1. The van der Waals surface area contributed by atoms with Crippen LogP contribution < -0.4 is 10.9 Å². The minimum Gasteiger partial charge on any atom is -0.383 e. The van der Waals surface area contributed by atoms with Crippen molar-refractivity contribution in [2.75, 3.05) is 0 Å². The van der Waals surface area contributed by atoms with Gasteiger partial charge in [-0.05, 0) is 73.9 Å². The zero-order chi connectivity index (χ0) is 21.7. The molecule has 1 aliphatic carbocycles. The highest BCUT2D eigenvalue weighted by molar-refractivity contribution is 7.99. The molecular weight excluding hydrogens is 418 g/mol. The molecule has 0 bridgehead atoms. The number of nitrogens with two attached hydrogens (primary N) is 2. The van der Waals surface area contributed by atoms with Gasteiger partial charge in [0.15, 0.2) is 0 Å². The average Bonchev–Trinajstić information content (AvgIpc) is 3.37. The summed E-state index contributed by atoms with van der Waals surface area (Å²) in [5.41, 5.74) is 10.0. The van der Waals surface area contributed by atoms with Gasteiger partial charge in [-0.15, -0.1) is 11.3 Å². The number of aromatic nitrogens is 3. The SMILES string of the molecule is CC(C)(O)c1ncc(SN)s1.NC(=O)Cc1ncc2c(c1-c1ccncc1)CCC2. The Morgan fingerprint density at radius 3 is 2.53 bits per heavy atom. The smallest absolute Gasteiger partial charge is 0.223 e. The van der Waals surface area contributed by atoms with Crippen molar-refractivity contribution in [3.05, 3.63) is 58.7 Å². The molecule has 3 aromatic heterocycles. The van der Waals surface area contributed by atoms with Crippen LogP contribution in [0.5, 0.6) is 0 Å². The molecule has 0 spiro atoms. The van der Waals surface area contributed by atoms with Gasteiger partial charge in [0.25, 0.3) is 0 Å². The minimum absolute atomic E-state index is 0.185. The molecule has 0 radical (unpaired) electrons. The van der Waals surface area contributed by atoms with E-state index in [0.29, 0.717) is 5.01 Å². The molecule has 3 aromatic rings. The van der Waals surface area contributed by atoms with Gasteiger partial charge in [0.2, 0.25) is 5.91 Å². The number of hydrogen-bond donors (Lipinski definition) is 3. The van der Waals surface area contributed by atoms with Gasteiger partial charge >= 0.3 is 0 Å². The Balaban J connectivity index is 0.000000199. The van der Waals surface area contributed by atoms with E-state index in [-0.39, 0.29) is 12.3 Å². The molecule has 1 amide bonds. The Hall–Kier alpha value is -2.33. The number of aliphatic hydroxyl groups is 1. The predicted octanol–water partition coefficient (Wildman–Crippen LogP) is 3.00. The number of primary amides is 1. The van der Waals surface area contributed by atoms with E-state index in [1.54, 1.807) is 32.4 Å². The Labute approximate surface area is 184 Å². The molecule has 0 aliphatic heterocycles. The van der Waals surface area contributed by atoms with E-state index in [4.69, 9.17) is 10.9 Å². The maximum absolute atomic E-state index is 11.2. The fourth-order valence-electron chi connectivity index (χ4n) is 3.34. The second-order valence-electron chi connectivity index (χ2n) is 7.48. The van der Waals surface area contributed by atoms with Gasteiger partial charge in [0.1, 0.15) is 10.6 Å². The van der Waals surface area contributed by atoms with Gasteiger partial charge in [-0.25, -0.2) is 4.98 Å². The van der Waals surface area contributed by atoms with E-state index in [1.807, 2.05) is 18.3 Å². The Bertz CT molecular complexity index is 1020. The van der Waals surface area contributed by atoms with Gasteiger partial charge < -0.3 is 10.8 Å². The minimum atomic E-state index is -0.849. The van der Waals surface area contributed by atoms with E-state index < -0.39 is 5.60 Å². The zero-order valence-corrected chi connectivity index (χ0v) is 18.6. The van der Waals surface area contributed by atoms with E-state index >= 15 is 0 Å². The fourth-order valence-corrected chi connectivity index (χ4v) is 4.54. The molecule has 158 valence electrons. The van der Waals surface area contributed by atoms with Gasteiger partial charge in [-0.1, -0.05) is 0 Å². The van der Waals surface area contributed by atoms with Gasteiger partial charge in [0, 0.05) is 24.2 Å². The third kappa shape index (κ3) is 5.42. The lowest BCUT2D eigenvalue weighted by atomic mass is 9.95. The lowest BCUT2D eigenvalue weighted by molar-refractivity contribution is -0.117. The lowest BCUT2D eigenvalue weighted by Crippen LogP contribution is -2.16. The van der Waals surface area contributed by atoms with Crippen LogP contribution in [-0.2, 0) is 29.7 Å². The zero-order valence-electron chi connectivity index (χ0n) is 17.0. The monoisotopic (exact) mass is 443 g/mol. The molecule has 3 heterocycles. The third-order valence-corrected chi connectivity index (χ3v) is 6.64. The largest absolute Gasteiger partial charge is 0.383 e. The van der Waals surface area contributed by atoms with E-state index in [2.05, 4.69) is 15.0 Å². The van der Waals surface area contributed by atoms with Crippen molar-refractivity contribution in [3.63, 3.8) is 0 Å². The Morgan fingerprint density at radius 2 is 1.97 bits per heavy atom. The predicted molar refractivity (Wildman–Crippen MR) is 120 cm³/mol. The molecule has 30 heavy (non-hydrogen) atoms. The third-order valence-electron chi connectivity index (χ3n) is 4.66. The Morgan fingerprint density at radius 1 is 1.23 bits per heavy atom. The first-order valence-electron chi connectivity index (χ1n) is 9.53. The van der Waals surface area contributed by atoms with Gasteiger partial charge in [-0.3, -0.25) is 19.9 Å². The molecule has 0 atom stereocenters. The molecule has 7 nitrogen and oxygen atoms in total. The van der Waals surface area contributed by atoms with Gasteiger partial charge in [0.05, 0.1) is 22.5 Å². The number of hydrogen-bond acceptors (Lipinski definition) is 8. The van der Waals surface area contributed by atoms with Crippen LogP contribution in [0, 0.1) is 0 Å². The summed E-state index contributed by atoms with van der Waals surface area (Å²) in [6.45, 7) is 3.41. The Kier molecular flexibility index (Phi) is 7.19. The van der Waals surface area contributed by atoms with Crippen LogP contribution in [-0.4, -0.2) is 26.0 Å². The van der Waals surface area contributed by atoms with Crippen molar-refractivity contribution >= 4 is 29.2 Å². The molecule has 0 saturated heterocycles. The summed E-state index contributed by atoms with van der Waals surface area (Å²) in [5.74, 6) is -0.347. The van der Waals surface area contributed by atoms with Crippen LogP contribution in [0.1, 0.15) is 42.1 Å². The number of rotatable bonds is 5. The average molecular weight is 444 g/mol. The number of carbonyl (C=O) groups excluding carboxylic acids is 1. The van der Waals surface area contributed by atoms with Crippen LogP contribution in [0.2, 0.25) is 0 Å². The number of pyridine rings is 2. The quantitative estimate of drug-likeness (QED) is 0.517. The second-order valence-corrected chi connectivity index (χ2v) is 9.44. The summed E-state index contributed by atoms with van der Waals surface area (Å²) in [7, 11) is 0. The summed E-state index contributed by atoms with van der Waals surface area (Å²) in [5, 5.41) is 15.5. The van der Waals surface area contributed by atoms with Crippen molar-refractivity contribution in [2.45, 2.75) is 49.3 Å². The molecule has 0 aromatic carbocycles. The summed E-state index contributed by atoms with van der Waals surface area (Å²) in [4.78, 5) is 23.7. The lowest BCUT2D eigenvalue weighted by Gasteiger charge is -2.13. The molecule has 0 fully saturated rings. The van der Waals surface area contributed by atoms with Crippen LogP contribution in [0.3, 0.4) is 0 Å². The maximum Gasteiger partial charge on any atom is 0.223 e. The topological polar surface area (TPSA) is 128 Å². The van der Waals surface area contributed by atoms with Crippen molar-refractivity contribution in [2.24, 2.45) is 10.9 Å². The van der Waals surface area contributed by atoms with Crippen LogP contribution in [0.25, 0.3) is 11.1 Å². The molecule has 1 aliphatic rings. The maximum atomic E-state index is 11.2. The van der Waals surface area contributed by atoms with Crippen LogP contribution in [0.15, 0.2) is 41.1 Å². The number of aryl methyl sites for hydroxylation is 1. The highest BCUT2D eigenvalue weighted by Crippen LogP contribution is 2.34. The summed E-state index contributed by atoms with van der Waals surface area (Å²) < 4.78 is 0.919. The van der Waals surface area contributed by atoms with E-state index in [0.717, 1.165) is 52.2 Å². The van der Waals surface area contributed by atoms with E-state index in [1.165, 1.54) is 22.5 Å². The molecule has 5 N–H and O–H groups in total. The molecular formula is C21H25N5O2S2. The van der Waals surface area contributed by atoms with Crippen LogP contribution in [0.4, 0.5) is 0 Å². The van der Waals surface area contributed by atoms with Crippen LogP contribution >= 0.6 is 23.3 Å². The number of thiazole rings is 1. The normalized spacial score (nSPS) is 12.8. The first kappa shape index (κ1) is 22.4. The number of nitrogens with zero attached hydrogens (tertiary/aromatic N) is 3. The molecule has 4 rings (SSSR count). The molecule has 0 unspecified atom stereocenters. The standard InChI is InChI=1S/C15H15N3O.C6H10N2OS2/c16-14(19)8-13-15(10-4-6-17-7-5-10)12-3-1-2-11(12)9-18-13;1-6(2,9)5-8-3-4(10-5)11-7/h4-7,9H,1-3,8H2,(H2,16,19);3,9H,7H2,1-2H3. The second kappa shape index (κ2) is 9.65. The summed E-state index contributed by atoms with van der Waals surface area (Å²) >= 11 is 2.57. The molecule has 0 saturated carbocycles. The number of amides is 1. The van der Waals surface area contributed by atoms with Crippen molar-refractivity contribution in [3.8, 4) is 11.1 Å². The summed E-state index contributed by atoms with van der Waals surface area (Å²) in [6, 6.07) is 3.92. The molecule has 9 heteroatoms.